The highest BCUT2D eigenvalue weighted by Crippen LogP contribution is 2.28. The zero-order valence-corrected chi connectivity index (χ0v) is 12.1. The minimum Gasteiger partial charge on any atom is -0.355 e. The summed E-state index contributed by atoms with van der Waals surface area (Å²) >= 11 is 5.97. The van der Waals surface area contributed by atoms with Crippen LogP contribution in [-0.4, -0.2) is 48.1 Å². The summed E-state index contributed by atoms with van der Waals surface area (Å²) < 4.78 is 13.9. The molecule has 0 unspecified atom stereocenters. The highest BCUT2D eigenvalue weighted by atomic mass is 35.5. The lowest BCUT2D eigenvalue weighted by molar-refractivity contribution is 0.360. The van der Waals surface area contributed by atoms with Gasteiger partial charge in [0.1, 0.15) is 17.7 Å². The molecule has 2 heterocycles. The molecule has 1 saturated heterocycles. The molecular weight excluding hydrogens is 279 g/mol. The Bertz CT molecular complexity index is 634. The predicted octanol–water partition coefficient (Wildman–Crippen LogP) is 2.56. The minimum absolute atomic E-state index is 0.331. The first kappa shape index (κ1) is 13.5. The van der Waals surface area contributed by atoms with Crippen LogP contribution in [0.25, 0.3) is 10.9 Å². The molecule has 0 aliphatic carbocycles. The van der Waals surface area contributed by atoms with E-state index in [1.165, 1.54) is 12.4 Å². The summed E-state index contributed by atoms with van der Waals surface area (Å²) in [6, 6.07) is 3.03. The van der Waals surface area contributed by atoms with Gasteiger partial charge >= 0.3 is 0 Å². The average molecular weight is 295 g/mol. The molecule has 0 saturated carbocycles. The summed E-state index contributed by atoms with van der Waals surface area (Å²) in [5.74, 6) is 0.370. The topological polar surface area (TPSA) is 32.3 Å². The molecule has 0 amide bonds. The molecule has 0 N–H and O–H groups in total. The monoisotopic (exact) mass is 294 g/mol. The number of anilines is 1. The zero-order valence-electron chi connectivity index (χ0n) is 11.3. The SMILES string of the molecule is CN1CCCN(c2ncnc3c(F)cc(Cl)cc23)CC1. The Morgan fingerprint density at radius 1 is 1.15 bits per heavy atom. The standard InChI is InChI=1S/C14H16ClFN4/c1-19-3-2-4-20(6-5-19)14-11-7-10(15)8-12(16)13(11)17-9-18-14/h7-9H,2-6H2,1H3. The molecule has 3 rings (SSSR count). The molecule has 1 aliphatic heterocycles. The first-order valence-electron chi connectivity index (χ1n) is 6.68. The lowest BCUT2D eigenvalue weighted by Crippen LogP contribution is -2.29. The van der Waals surface area contributed by atoms with Crippen molar-refractivity contribution in [3.8, 4) is 0 Å². The fourth-order valence-electron chi connectivity index (χ4n) is 2.59. The number of benzene rings is 1. The molecule has 0 atom stereocenters. The number of halogens is 2. The summed E-state index contributed by atoms with van der Waals surface area (Å²) in [4.78, 5) is 12.9. The molecule has 1 aromatic carbocycles. The fourth-order valence-corrected chi connectivity index (χ4v) is 2.79. The first-order valence-corrected chi connectivity index (χ1v) is 7.06. The quantitative estimate of drug-likeness (QED) is 0.809. The van der Waals surface area contributed by atoms with Crippen LogP contribution in [0.1, 0.15) is 6.42 Å². The number of likely N-dealkylation sites (N-methyl/N-ethyl adjacent to an activating group) is 1. The van der Waals surface area contributed by atoms with Gasteiger partial charge in [0, 0.05) is 30.0 Å². The normalized spacial score (nSPS) is 17.4. The van der Waals surface area contributed by atoms with E-state index in [0.29, 0.717) is 15.9 Å². The van der Waals surface area contributed by atoms with Gasteiger partial charge in [-0.1, -0.05) is 11.6 Å². The Kier molecular flexibility index (Phi) is 3.72. The molecule has 20 heavy (non-hydrogen) atoms. The number of aromatic nitrogens is 2. The Morgan fingerprint density at radius 2 is 2.00 bits per heavy atom. The maximum absolute atomic E-state index is 13.9. The highest BCUT2D eigenvalue weighted by Gasteiger charge is 2.17. The molecule has 4 nitrogen and oxygen atoms in total. The molecule has 0 radical (unpaired) electrons. The van der Waals surface area contributed by atoms with Gasteiger partial charge in [-0.15, -0.1) is 0 Å². The van der Waals surface area contributed by atoms with Crippen molar-refractivity contribution in [2.24, 2.45) is 0 Å². The molecule has 1 fully saturated rings. The highest BCUT2D eigenvalue weighted by molar-refractivity contribution is 6.31. The van der Waals surface area contributed by atoms with Crippen molar-refractivity contribution < 1.29 is 4.39 Å². The van der Waals surface area contributed by atoms with Gasteiger partial charge in [-0.3, -0.25) is 0 Å². The van der Waals surface area contributed by atoms with Crippen LogP contribution in [0.4, 0.5) is 10.2 Å². The van der Waals surface area contributed by atoms with Gasteiger partial charge in [0.05, 0.1) is 0 Å². The van der Waals surface area contributed by atoms with Gasteiger partial charge in [0.2, 0.25) is 0 Å². The number of rotatable bonds is 1. The molecule has 106 valence electrons. The van der Waals surface area contributed by atoms with Gasteiger partial charge in [-0.25, -0.2) is 14.4 Å². The minimum atomic E-state index is -0.400. The van der Waals surface area contributed by atoms with Crippen molar-refractivity contribution in [2.75, 3.05) is 38.1 Å². The van der Waals surface area contributed by atoms with Crippen molar-refractivity contribution in [1.82, 2.24) is 14.9 Å². The van der Waals surface area contributed by atoms with Crippen molar-refractivity contribution >= 4 is 28.3 Å². The predicted molar refractivity (Wildman–Crippen MR) is 78.8 cm³/mol. The second kappa shape index (κ2) is 5.50. The molecule has 0 bridgehead atoms. The number of nitrogens with zero attached hydrogens (tertiary/aromatic N) is 4. The lowest BCUT2D eigenvalue weighted by atomic mass is 10.2. The van der Waals surface area contributed by atoms with E-state index in [1.54, 1.807) is 6.07 Å². The Labute approximate surface area is 122 Å². The molecule has 6 heteroatoms. The van der Waals surface area contributed by atoms with Crippen LogP contribution in [0.3, 0.4) is 0 Å². The van der Waals surface area contributed by atoms with Crippen LogP contribution in [0, 0.1) is 5.82 Å². The largest absolute Gasteiger partial charge is 0.355 e. The average Bonchev–Trinajstić information content (AvgIpc) is 2.63. The van der Waals surface area contributed by atoms with Crippen LogP contribution < -0.4 is 4.90 Å². The van der Waals surface area contributed by atoms with Crippen molar-refractivity contribution in [3.05, 3.63) is 29.3 Å². The maximum Gasteiger partial charge on any atom is 0.151 e. The summed E-state index contributed by atoms with van der Waals surface area (Å²) in [6.45, 7) is 3.81. The summed E-state index contributed by atoms with van der Waals surface area (Å²) in [5, 5.41) is 1.06. The van der Waals surface area contributed by atoms with Crippen molar-refractivity contribution in [2.45, 2.75) is 6.42 Å². The Balaban J connectivity index is 2.06. The van der Waals surface area contributed by atoms with Crippen LogP contribution in [0.15, 0.2) is 18.5 Å². The van der Waals surface area contributed by atoms with E-state index in [1.807, 2.05) is 0 Å². The van der Waals surface area contributed by atoms with Crippen LogP contribution in [0.2, 0.25) is 5.02 Å². The first-order chi connectivity index (χ1) is 9.65. The van der Waals surface area contributed by atoms with Gasteiger partial charge < -0.3 is 9.80 Å². The molecule has 0 spiro atoms. The van der Waals surface area contributed by atoms with Gasteiger partial charge in [-0.05, 0) is 32.1 Å². The van der Waals surface area contributed by atoms with Crippen LogP contribution >= 0.6 is 11.6 Å². The van der Waals surface area contributed by atoms with E-state index in [4.69, 9.17) is 11.6 Å². The lowest BCUT2D eigenvalue weighted by Gasteiger charge is -2.22. The number of hydrogen-bond donors (Lipinski definition) is 0. The van der Waals surface area contributed by atoms with Gasteiger partial charge in [0.25, 0.3) is 0 Å². The third-order valence-corrected chi connectivity index (χ3v) is 3.87. The van der Waals surface area contributed by atoms with E-state index >= 15 is 0 Å². The van der Waals surface area contributed by atoms with Crippen LogP contribution in [0.5, 0.6) is 0 Å². The smallest absolute Gasteiger partial charge is 0.151 e. The third-order valence-electron chi connectivity index (χ3n) is 3.65. The number of fused-ring (bicyclic) bond motifs is 1. The van der Waals surface area contributed by atoms with Crippen LogP contribution in [-0.2, 0) is 0 Å². The second-order valence-corrected chi connectivity index (χ2v) is 5.56. The van der Waals surface area contributed by atoms with Crippen molar-refractivity contribution in [3.63, 3.8) is 0 Å². The molecular formula is C14H16ClFN4. The summed E-state index contributed by atoms with van der Waals surface area (Å²) in [7, 11) is 2.11. The second-order valence-electron chi connectivity index (χ2n) is 5.12. The summed E-state index contributed by atoms with van der Waals surface area (Å²) in [6.07, 6.45) is 2.48. The van der Waals surface area contributed by atoms with Crippen molar-refractivity contribution in [1.29, 1.82) is 0 Å². The van der Waals surface area contributed by atoms with E-state index < -0.39 is 5.82 Å². The summed E-state index contributed by atoms with van der Waals surface area (Å²) in [5.41, 5.74) is 0.331. The third kappa shape index (κ3) is 2.55. The van der Waals surface area contributed by atoms with Gasteiger partial charge in [-0.2, -0.15) is 0 Å². The molecule has 2 aromatic rings. The Morgan fingerprint density at radius 3 is 2.85 bits per heavy atom. The maximum atomic E-state index is 13.9. The van der Waals surface area contributed by atoms with E-state index in [2.05, 4.69) is 26.8 Å². The number of hydrogen-bond acceptors (Lipinski definition) is 4. The molecule has 1 aromatic heterocycles. The van der Waals surface area contributed by atoms with E-state index in [-0.39, 0.29) is 0 Å². The Hall–Kier alpha value is -1.46. The zero-order chi connectivity index (χ0) is 14.1. The van der Waals surface area contributed by atoms with Gasteiger partial charge in [0.15, 0.2) is 5.82 Å². The van der Waals surface area contributed by atoms with E-state index in [0.717, 1.165) is 38.4 Å². The fraction of sp³-hybridized carbons (Fsp3) is 0.429. The molecule has 1 aliphatic rings. The van der Waals surface area contributed by atoms with E-state index in [9.17, 15) is 4.39 Å².